The smallest absolute Gasteiger partial charge is 0.337 e. The molecular weight excluding hydrogens is 212 g/mol. The lowest BCUT2D eigenvalue weighted by atomic mass is 9.88. The van der Waals surface area contributed by atoms with Crippen LogP contribution in [0.3, 0.4) is 0 Å². The van der Waals surface area contributed by atoms with E-state index in [9.17, 15) is 4.79 Å². The van der Waals surface area contributed by atoms with Crippen LogP contribution in [-0.4, -0.2) is 11.1 Å². The van der Waals surface area contributed by atoms with Crippen molar-refractivity contribution in [2.75, 3.05) is 0 Å². The highest BCUT2D eigenvalue weighted by molar-refractivity contribution is 6.33. The maximum atomic E-state index is 10.9. The van der Waals surface area contributed by atoms with Gasteiger partial charge in [0.1, 0.15) is 0 Å². The maximum absolute atomic E-state index is 10.9. The van der Waals surface area contributed by atoms with Crippen molar-refractivity contribution >= 4 is 17.6 Å². The average Bonchev–Trinajstić information content (AvgIpc) is 2.05. The molecule has 1 aromatic carbocycles. The second-order valence-electron chi connectivity index (χ2n) is 4.86. The number of carboxylic acids is 1. The number of rotatable bonds is 2. The summed E-state index contributed by atoms with van der Waals surface area (Å²) in [4.78, 5) is 10.9. The molecule has 82 valence electrons. The first-order valence-electron chi connectivity index (χ1n) is 4.81. The van der Waals surface area contributed by atoms with E-state index in [-0.39, 0.29) is 11.0 Å². The summed E-state index contributed by atoms with van der Waals surface area (Å²) in [5.74, 6) is -0.976. The first kappa shape index (κ1) is 12.1. The van der Waals surface area contributed by atoms with Crippen LogP contribution in [0.4, 0.5) is 0 Å². The van der Waals surface area contributed by atoms with Crippen LogP contribution in [0.5, 0.6) is 0 Å². The molecule has 0 radical (unpaired) electrons. The van der Waals surface area contributed by atoms with Gasteiger partial charge in [0.15, 0.2) is 0 Å². The van der Waals surface area contributed by atoms with Gasteiger partial charge in [-0.05, 0) is 29.5 Å². The minimum atomic E-state index is -0.976. The van der Waals surface area contributed by atoms with E-state index in [1.54, 1.807) is 12.1 Å². The van der Waals surface area contributed by atoms with Crippen LogP contribution in [-0.2, 0) is 6.42 Å². The summed E-state index contributed by atoms with van der Waals surface area (Å²) in [5, 5.41) is 9.20. The molecule has 0 aromatic heterocycles. The predicted molar refractivity (Wildman–Crippen MR) is 61.6 cm³/mol. The lowest BCUT2D eigenvalue weighted by Gasteiger charge is -2.18. The van der Waals surface area contributed by atoms with E-state index in [0.29, 0.717) is 5.02 Å². The zero-order valence-electron chi connectivity index (χ0n) is 9.17. The quantitative estimate of drug-likeness (QED) is 0.836. The van der Waals surface area contributed by atoms with Crippen LogP contribution in [0.15, 0.2) is 18.2 Å². The van der Waals surface area contributed by atoms with Crippen molar-refractivity contribution in [3.05, 3.63) is 34.3 Å². The first-order valence-corrected chi connectivity index (χ1v) is 5.19. The van der Waals surface area contributed by atoms with E-state index < -0.39 is 5.97 Å². The van der Waals surface area contributed by atoms with E-state index in [4.69, 9.17) is 16.7 Å². The van der Waals surface area contributed by atoms with Gasteiger partial charge in [0.25, 0.3) is 0 Å². The standard InChI is InChI=1S/C12H15ClO2/c1-12(2,3)7-8-4-5-10(13)9(6-8)11(14)15/h4-6H,7H2,1-3H3,(H,14,15). The molecule has 0 atom stereocenters. The van der Waals surface area contributed by atoms with Crippen molar-refractivity contribution in [1.29, 1.82) is 0 Å². The number of carbonyl (C=O) groups is 1. The maximum Gasteiger partial charge on any atom is 0.337 e. The van der Waals surface area contributed by atoms with Crippen molar-refractivity contribution in [3.63, 3.8) is 0 Å². The van der Waals surface area contributed by atoms with Gasteiger partial charge in [0.2, 0.25) is 0 Å². The van der Waals surface area contributed by atoms with Gasteiger partial charge in [-0.2, -0.15) is 0 Å². The average molecular weight is 227 g/mol. The molecule has 0 unspecified atom stereocenters. The van der Waals surface area contributed by atoms with E-state index in [2.05, 4.69) is 20.8 Å². The summed E-state index contributed by atoms with van der Waals surface area (Å²) in [6.07, 6.45) is 0.838. The summed E-state index contributed by atoms with van der Waals surface area (Å²) in [6.45, 7) is 6.34. The molecular formula is C12H15ClO2. The Labute approximate surface area is 94.9 Å². The fraction of sp³-hybridized carbons (Fsp3) is 0.417. The molecule has 15 heavy (non-hydrogen) atoms. The Morgan fingerprint density at radius 2 is 2.00 bits per heavy atom. The van der Waals surface area contributed by atoms with Gasteiger partial charge in [0.05, 0.1) is 10.6 Å². The Hall–Kier alpha value is -1.02. The van der Waals surface area contributed by atoms with Gasteiger partial charge in [-0.1, -0.05) is 38.4 Å². The summed E-state index contributed by atoms with van der Waals surface area (Å²) in [6, 6.07) is 5.17. The lowest BCUT2D eigenvalue weighted by Crippen LogP contribution is -2.10. The Bertz CT molecular complexity index is 378. The summed E-state index contributed by atoms with van der Waals surface area (Å²) >= 11 is 5.78. The van der Waals surface area contributed by atoms with Gasteiger partial charge >= 0.3 is 5.97 Å². The van der Waals surface area contributed by atoms with Crippen LogP contribution in [0.25, 0.3) is 0 Å². The molecule has 0 aliphatic heterocycles. The van der Waals surface area contributed by atoms with Gasteiger partial charge in [-0.25, -0.2) is 4.79 Å². The highest BCUT2D eigenvalue weighted by Gasteiger charge is 2.14. The van der Waals surface area contributed by atoms with Gasteiger partial charge in [-0.3, -0.25) is 0 Å². The van der Waals surface area contributed by atoms with Gasteiger partial charge in [-0.15, -0.1) is 0 Å². The molecule has 0 bridgehead atoms. The third-order valence-electron chi connectivity index (χ3n) is 2.00. The number of aromatic carboxylic acids is 1. The number of halogens is 1. The monoisotopic (exact) mass is 226 g/mol. The minimum Gasteiger partial charge on any atom is -0.478 e. The third-order valence-corrected chi connectivity index (χ3v) is 2.33. The molecule has 0 spiro atoms. The molecule has 0 heterocycles. The zero-order chi connectivity index (χ0) is 11.6. The second-order valence-corrected chi connectivity index (χ2v) is 5.26. The molecule has 1 aromatic rings. The minimum absolute atomic E-state index is 0.142. The lowest BCUT2D eigenvalue weighted by molar-refractivity contribution is 0.0697. The van der Waals surface area contributed by atoms with E-state index in [0.717, 1.165) is 12.0 Å². The fourth-order valence-electron chi connectivity index (χ4n) is 1.46. The van der Waals surface area contributed by atoms with Gasteiger partial charge < -0.3 is 5.11 Å². The van der Waals surface area contributed by atoms with Crippen molar-refractivity contribution in [1.82, 2.24) is 0 Å². The third kappa shape index (κ3) is 3.56. The largest absolute Gasteiger partial charge is 0.478 e. The van der Waals surface area contributed by atoms with Crippen LogP contribution >= 0.6 is 11.6 Å². The highest BCUT2D eigenvalue weighted by atomic mass is 35.5. The number of carboxylic acid groups (broad SMARTS) is 1. The Morgan fingerprint density at radius 3 is 2.47 bits per heavy atom. The Kier molecular flexibility index (Phi) is 3.40. The molecule has 0 saturated carbocycles. The van der Waals surface area contributed by atoms with Crippen molar-refractivity contribution < 1.29 is 9.90 Å². The molecule has 0 saturated heterocycles. The number of benzene rings is 1. The molecule has 0 aliphatic carbocycles. The van der Waals surface area contributed by atoms with Crippen LogP contribution in [0.1, 0.15) is 36.7 Å². The summed E-state index contributed by atoms with van der Waals surface area (Å²) in [5.41, 5.74) is 1.33. The Balaban J connectivity index is 3.03. The topological polar surface area (TPSA) is 37.3 Å². The molecule has 1 rings (SSSR count). The molecule has 3 heteroatoms. The second kappa shape index (κ2) is 4.23. The van der Waals surface area contributed by atoms with Gasteiger partial charge in [0, 0.05) is 0 Å². The predicted octanol–water partition coefficient (Wildman–Crippen LogP) is 3.63. The number of hydrogen-bond acceptors (Lipinski definition) is 1. The molecule has 0 amide bonds. The SMILES string of the molecule is CC(C)(C)Cc1ccc(Cl)c(C(=O)O)c1. The summed E-state index contributed by atoms with van der Waals surface area (Å²) in [7, 11) is 0. The summed E-state index contributed by atoms with van der Waals surface area (Å²) < 4.78 is 0. The van der Waals surface area contributed by atoms with E-state index in [1.807, 2.05) is 6.07 Å². The zero-order valence-corrected chi connectivity index (χ0v) is 9.93. The molecule has 0 fully saturated rings. The van der Waals surface area contributed by atoms with Crippen LogP contribution in [0.2, 0.25) is 5.02 Å². The van der Waals surface area contributed by atoms with Crippen LogP contribution in [0, 0.1) is 5.41 Å². The molecule has 2 nitrogen and oxygen atoms in total. The fourth-order valence-corrected chi connectivity index (χ4v) is 1.66. The van der Waals surface area contributed by atoms with Crippen molar-refractivity contribution in [3.8, 4) is 0 Å². The van der Waals surface area contributed by atoms with E-state index in [1.165, 1.54) is 0 Å². The molecule has 0 aliphatic rings. The molecule has 1 N–H and O–H groups in total. The van der Waals surface area contributed by atoms with Crippen molar-refractivity contribution in [2.45, 2.75) is 27.2 Å². The normalized spacial score (nSPS) is 11.5. The first-order chi connectivity index (χ1) is 6.79. The van der Waals surface area contributed by atoms with E-state index >= 15 is 0 Å². The van der Waals surface area contributed by atoms with Crippen LogP contribution < -0.4 is 0 Å². The number of hydrogen-bond donors (Lipinski definition) is 1. The Morgan fingerprint density at radius 1 is 1.40 bits per heavy atom. The highest BCUT2D eigenvalue weighted by Crippen LogP contribution is 2.24. The van der Waals surface area contributed by atoms with Crippen molar-refractivity contribution in [2.24, 2.45) is 5.41 Å².